The summed E-state index contributed by atoms with van der Waals surface area (Å²) in [6.07, 6.45) is -0.113. The van der Waals surface area contributed by atoms with Crippen LogP contribution in [-0.2, 0) is 4.74 Å². The molecule has 3 nitrogen and oxygen atoms in total. The number of aryl methyl sites for hydroxylation is 1. The number of carbonyl (C=O) groups excluding carboxylic acids is 1. The van der Waals surface area contributed by atoms with E-state index in [2.05, 4.69) is 15.9 Å². The number of ether oxygens (including phenoxy) is 1. The van der Waals surface area contributed by atoms with Gasteiger partial charge in [0.2, 0.25) is 0 Å². The van der Waals surface area contributed by atoms with Crippen LogP contribution in [0.1, 0.15) is 29.8 Å². The maximum Gasteiger partial charge on any atom is 0.254 e. The van der Waals surface area contributed by atoms with Gasteiger partial charge in [0, 0.05) is 23.1 Å². The summed E-state index contributed by atoms with van der Waals surface area (Å²) in [5, 5.41) is 0. The minimum Gasteiger partial charge on any atom is -0.367 e. The molecule has 1 aromatic carbocycles. The first-order valence-electron chi connectivity index (χ1n) is 6.61. The average Bonchev–Trinajstić information content (AvgIpc) is 2.39. The molecule has 110 valence electrons. The van der Waals surface area contributed by atoms with Crippen LogP contribution in [0.3, 0.4) is 0 Å². The molecule has 1 aliphatic rings. The van der Waals surface area contributed by atoms with E-state index in [1.807, 2.05) is 43.9 Å². The fourth-order valence-electron chi connectivity index (χ4n) is 2.44. The number of hydrogen-bond donors (Lipinski definition) is 0. The zero-order valence-corrected chi connectivity index (χ0v) is 14.3. The Labute approximate surface area is 133 Å². The van der Waals surface area contributed by atoms with E-state index < -0.39 is 0 Å². The van der Waals surface area contributed by atoms with Gasteiger partial charge in [-0.2, -0.15) is 0 Å². The van der Waals surface area contributed by atoms with Crippen LogP contribution in [0.2, 0.25) is 0 Å². The summed E-state index contributed by atoms with van der Waals surface area (Å²) in [5.41, 5.74) is 1.44. The van der Waals surface area contributed by atoms with Crippen molar-refractivity contribution in [3.8, 4) is 0 Å². The Kier molecular flexibility index (Phi) is 4.77. The zero-order valence-electron chi connectivity index (χ0n) is 12.0. The number of nitrogens with zero attached hydrogens (tertiary/aromatic N) is 1. The smallest absolute Gasteiger partial charge is 0.254 e. The predicted molar refractivity (Wildman–Crippen MR) is 84.5 cm³/mol. The summed E-state index contributed by atoms with van der Waals surface area (Å²) in [4.78, 5) is 14.4. The van der Waals surface area contributed by atoms with Crippen molar-refractivity contribution in [2.45, 2.75) is 32.5 Å². The number of alkyl halides is 1. The molecule has 1 heterocycles. The third kappa shape index (κ3) is 3.54. The normalized spacial score (nSPS) is 21.9. The van der Waals surface area contributed by atoms with E-state index in [1.54, 1.807) is 0 Å². The van der Waals surface area contributed by atoms with E-state index in [0.717, 1.165) is 10.0 Å². The Morgan fingerprint density at radius 2 is 2.25 bits per heavy atom. The molecule has 1 atom stereocenters. The first-order valence-corrected chi connectivity index (χ1v) is 7.94. The van der Waals surface area contributed by atoms with Gasteiger partial charge in [-0.05, 0) is 38.5 Å². The maximum atomic E-state index is 12.6. The standard InChI is InChI=1S/C15H19BrClNO2/c1-10-4-5-11(6-13(10)16)14(19)18-8-12(7-17)20-15(2,3)9-18/h4-6,12H,7-9H2,1-3H3. The Hall–Kier alpha value is -0.580. The summed E-state index contributed by atoms with van der Waals surface area (Å²) < 4.78 is 6.80. The Balaban J connectivity index is 2.21. The molecule has 1 aromatic rings. The molecule has 5 heteroatoms. The number of carbonyl (C=O) groups is 1. The van der Waals surface area contributed by atoms with Gasteiger partial charge in [0.1, 0.15) is 0 Å². The van der Waals surface area contributed by atoms with Crippen LogP contribution in [0, 0.1) is 6.92 Å². The summed E-state index contributed by atoms with van der Waals surface area (Å²) >= 11 is 9.37. The Bertz CT molecular complexity index is 519. The van der Waals surface area contributed by atoms with Crippen molar-refractivity contribution >= 4 is 33.4 Å². The third-order valence-corrected chi connectivity index (χ3v) is 4.56. The number of rotatable bonds is 2. The largest absolute Gasteiger partial charge is 0.367 e. The molecule has 20 heavy (non-hydrogen) atoms. The van der Waals surface area contributed by atoms with Crippen LogP contribution in [0.25, 0.3) is 0 Å². The number of amides is 1. The highest BCUT2D eigenvalue weighted by atomic mass is 79.9. The molecule has 1 fully saturated rings. The lowest BCUT2D eigenvalue weighted by atomic mass is 10.0. The fraction of sp³-hybridized carbons (Fsp3) is 0.533. The van der Waals surface area contributed by atoms with Crippen LogP contribution in [-0.4, -0.2) is 41.5 Å². The minimum atomic E-state index is -0.366. The van der Waals surface area contributed by atoms with E-state index in [0.29, 0.717) is 24.5 Å². The summed E-state index contributed by atoms with van der Waals surface area (Å²) in [6.45, 7) is 7.08. The van der Waals surface area contributed by atoms with Crippen molar-refractivity contribution in [3.05, 3.63) is 33.8 Å². The van der Waals surface area contributed by atoms with Gasteiger partial charge in [0.25, 0.3) is 5.91 Å². The topological polar surface area (TPSA) is 29.5 Å². The number of halogens is 2. The first-order chi connectivity index (χ1) is 9.32. The summed E-state index contributed by atoms with van der Waals surface area (Å²) in [7, 11) is 0. The van der Waals surface area contributed by atoms with Crippen LogP contribution < -0.4 is 0 Å². The lowest BCUT2D eigenvalue weighted by Gasteiger charge is -2.42. The van der Waals surface area contributed by atoms with Gasteiger partial charge in [0.05, 0.1) is 17.6 Å². The monoisotopic (exact) mass is 359 g/mol. The van der Waals surface area contributed by atoms with Crippen LogP contribution in [0.4, 0.5) is 0 Å². The van der Waals surface area contributed by atoms with E-state index in [-0.39, 0.29) is 17.6 Å². The number of morpholine rings is 1. The molecule has 0 aromatic heterocycles. The van der Waals surface area contributed by atoms with Gasteiger partial charge < -0.3 is 9.64 Å². The fourth-order valence-corrected chi connectivity index (χ4v) is 2.98. The van der Waals surface area contributed by atoms with Crippen LogP contribution >= 0.6 is 27.5 Å². The van der Waals surface area contributed by atoms with Gasteiger partial charge >= 0.3 is 0 Å². The number of benzene rings is 1. The quantitative estimate of drug-likeness (QED) is 0.754. The molecular weight excluding hydrogens is 342 g/mol. The number of hydrogen-bond acceptors (Lipinski definition) is 2. The summed E-state index contributed by atoms with van der Waals surface area (Å²) in [5.74, 6) is 0.419. The van der Waals surface area contributed by atoms with Crippen molar-refractivity contribution in [2.24, 2.45) is 0 Å². The van der Waals surface area contributed by atoms with Gasteiger partial charge in [-0.3, -0.25) is 4.79 Å². The van der Waals surface area contributed by atoms with Crippen molar-refractivity contribution in [3.63, 3.8) is 0 Å². The van der Waals surface area contributed by atoms with Crippen LogP contribution in [0.15, 0.2) is 22.7 Å². The average molecular weight is 361 g/mol. The molecule has 0 radical (unpaired) electrons. The highest BCUT2D eigenvalue weighted by Gasteiger charge is 2.35. The molecule has 1 amide bonds. The molecule has 1 saturated heterocycles. The molecule has 0 bridgehead atoms. The second-order valence-electron chi connectivity index (χ2n) is 5.80. The summed E-state index contributed by atoms with van der Waals surface area (Å²) in [6, 6.07) is 5.68. The molecular formula is C15H19BrClNO2. The molecule has 2 rings (SSSR count). The van der Waals surface area contributed by atoms with Crippen molar-refractivity contribution < 1.29 is 9.53 Å². The maximum absolute atomic E-state index is 12.6. The second-order valence-corrected chi connectivity index (χ2v) is 6.97. The first kappa shape index (κ1) is 15.8. The minimum absolute atomic E-state index is 0.0252. The highest BCUT2D eigenvalue weighted by Crippen LogP contribution is 2.24. The molecule has 1 aliphatic heterocycles. The SMILES string of the molecule is Cc1ccc(C(=O)N2CC(CCl)OC(C)(C)C2)cc1Br. The van der Waals surface area contributed by atoms with E-state index in [9.17, 15) is 4.79 Å². The molecule has 0 N–H and O–H groups in total. The molecule has 0 aliphatic carbocycles. The molecule has 1 unspecified atom stereocenters. The van der Waals surface area contributed by atoms with Gasteiger partial charge in [0.15, 0.2) is 0 Å². The lowest BCUT2D eigenvalue weighted by molar-refractivity contribution is -0.117. The van der Waals surface area contributed by atoms with Crippen molar-refractivity contribution in [1.29, 1.82) is 0 Å². The van der Waals surface area contributed by atoms with Gasteiger partial charge in [-0.25, -0.2) is 0 Å². The second kappa shape index (κ2) is 6.04. The predicted octanol–water partition coefficient (Wildman–Crippen LogP) is 3.62. The highest BCUT2D eigenvalue weighted by molar-refractivity contribution is 9.10. The Morgan fingerprint density at radius 1 is 1.55 bits per heavy atom. The van der Waals surface area contributed by atoms with Crippen molar-refractivity contribution in [1.82, 2.24) is 4.90 Å². The van der Waals surface area contributed by atoms with Gasteiger partial charge in [-0.1, -0.05) is 22.0 Å². The molecule has 0 saturated carbocycles. The third-order valence-electron chi connectivity index (χ3n) is 3.36. The van der Waals surface area contributed by atoms with E-state index >= 15 is 0 Å². The van der Waals surface area contributed by atoms with E-state index in [1.165, 1.54) is 0 Å². The lowest BCUT2D eigenvalue weighted by Crippen LogP contribution is -2.55. The molecule has 0 spiro atoms. The van der Waals surface area contributed by atoms with Crippen LogP contribution in [0.5, 0.6) is 0 Å². The zero-order chi connectivity index (χ0) is 14.9. The van der Waals surface area contributed by atoms with E-state index in [4.69, 9.17) is 16.3 Å². The Morgan fingerprint density at radius 3 is 2.85 bits per heavy atom. The van der Waals surface area contributed by atoms with Gasteiger partial charge in [-0.15, -0.1) is 11.6 Å². The van der Waals surface area contributed by atoms with Crippen molar-refractivity contribution in [2.75, 3.05) is 19.0 Å².